The first-order valence-corrected chi connectivity index (χ1v) is 6.79. The second-order valence-corrected chi connectivity index (χ2v) is 5.17. The number of piperidine rings is 1. The van der Waals surface area contributed by atoms with Gasteiger partial charge in [0.1, 0.15) is 0 Å². The fourth-order valence-corrected chi connectivity index (χ4v) is 2.64. The summed E-state index contributed by atoms with van der Waals surface area (Å²) in [5.74, 6) is 0.570. The van der Waals surface area contributed by atoms with Gasteiger partial charge in [0, 0.05) is 32.9 Å². The Bertz CT molecular complexity index is 297. The van der Waals surface area contributed by atoms with E-state index in [9.17, 15) is 9.59 Å². The number of likely N-dealkylation sites (tertiary alicyclic amines) is 1. The predicted molar refractivity (Wildman–Crippen MR) is 67.5 cm³/mol. The van der Waals surface area contributed by atoms with Crippen molar-refractivity contribution in [3.63, 3.8) is 0 Å². The Labute approximate surface area is 104 Å². The molecule has 1 saturated carbocycles. The Kier molecular flexibility index (Phi) is 4.02. The molecule has 17 heavy (non-hydrogen) atoms. The Morgan fingerprint density at radius 1 is 1.24 bits per heavy atom. The molecule has 98 valence electrons. The summed E-state index contributed by atoms with van der Waals surface area (Å²) in [6.07, 6.45) is 5.75. The maximum Gasteiger partial charge on any atom is 0.225 e. The van der Waals surface area contributed by atoms with Crippen LogP contribution in [0.25, 0.3) is 0 Å². The fourth-order valence-electron chi connectivity index (χ4n) is 2.64. The number of nitrogens with one attached hydrogen (secondary N) is 1. The molecule has 4 heteroatoms. The molecule has 4 nitrogen and oxygen atoms in total. The first kappa shape index (κ1) is 12.4. The second-order valence-electron chi connectivity index (χ2n) is 5.17. The lowest BCUT2D eigenvalue weighted by Crippen LogP contribution is -2.51. The monoisotopic (exact) mass is 240 g/mol. The molecule has 0 radical (unpaired) electrons. The van der Waals surface area contributed by atoms with Crippen LogP contribution < -0.4 is 5.32 Å². The number of nitrogens with zero attached hydrogens (tertiary/aromatic N) is 1. The van der Waals surface area contributed by atoms with Gasteiger partial charge in [-0.15, -0.1) is 0 Å². The SMILES string of the molecule is CCC(=O)NC1CC(C(=O)N2CCCCC2)C1.[HH]. The maximum atomic E-state index is 12.1. The number of carbonyl (C=O) groups excluding carboxylic acids is 2. The molecule has 2 amide bonds. The van der Waals surface area contributed by atoms with Gasteiger partial charge in [-0.25, -0.2) is 0 Å². The number of hydrogen-bond acceptors (Lipinski definition) is 2. The van der Waals surface area contributed by atoms with E-state index >= 15 is 0 Å². The highest BCUT2D eigenvalue weighted by molar-refractivity contribution is 5.81. The molecule has 0 bridgehead atoms. The van der Waals surface area contributed by atoms with Crippen molar-refractivity contribution in [1.82, 2.24) is 10.2 Å². The molecule has 0 spiro atoms. The highest BCUT2D eigenvalue weighted by Gasteiger charge is 2.37. The van der Waals surface area contributed by atoms with Crippen LogP contribution in [-0.2, 0) is 9.59 Å². The maximum absolute atomic E-state index is 12.1. The van der Waals surface area contributed by atoms with Crippen molar-refractivity contribution < 1.29 is 11.0 Å². The minimum Gasteiger partial charge on any atom is -0.353 e. The Hall–Kier alpha value is -1.06. The molecular formula is C13H24N2O2. The van der Waals surface area contributed by atoms with E-state index in [-0.39, 0.29) is 19.3 Å². The summed E-state index contributed by atoms with van der Waals surface area (Å²) in [6.45, 7) is 3.72. The van der Waals surface area contributed by atoms with Crippen LogP contribution in [0, 0.1) is 5.92 Å². The largest absolute Gasteiger partial charge is 0.353 e. The van der Waals surface area contributed by atoms with Gasteiger partial charge in [0.2, 0.25) is 11.8 Å². The third-order valence-corrected chi connectivity index (χ3v) is 3.84. The standard InChI is InChI=1S/C13H22N2O2.H2/c1-2-12(16)14-11-8-10(9-11)13(17)15-6-4-3-5-7-15;/h10-11H,2-9H2,1H3,(H,14,16);1H. The Balaban J connectivity index is 0.00000162. The van der Waals surface area contributed by atoms with Crippen LogP contribution in [0.3, 0.4) is 0 Å². The van der Waals surface area contributed by atoms with Crippen molar-refractivity contribution in [3.8, 4) is 0 Å². The normalized spacial score (nSPS) is 28.4. The van der Waals surface area contributed by atoms with Gasteiger partial charge in [-0.3, -0.25) is 9.59 Å². The number of hydrogen-bond donors (Lipinski definition) is 1. The molecule has 0 atom stereocenters. The lowest BCUT2D eigenvalue weighted by atomic mass is 9.79. The number of rotatable bonds is 3. The van der Waals surface area contributed by atoms with Gasteiger partial charge in [-0.2, -0.15) is 0 Å². The first-order valence-electron chi connectivity index (χ1n) is 6.79. The minimum absolute atomic E-state index is 0. The minimum atomic E-state index is 0. The molecule has 1 aliphatic heterocycles. The summed E-state index contributed by atoms with van der Waals surface area (Å²) in [5, 5.41) is 2.94. The highest BCUT2D eigenvalue weighted by atomic mass is 16.2. The van der Waals surface area contributed by atoms with Crippen molar-refractivity contribution in [1.29, 1.82) is 0 Å². The quantitative estimate of drug-likeness (QED) is 0.813. The van der Waals surface area contributed by atoms with Gasteiger partial charge in [0.05, 0.1) is 0 Å². The summed E-state index contributed by atoms with van der Waals surface area (Å²) in [6, 6.07) is 0.237. The molecule has 2 aliphatic rings. The van der Waals surface area contributed by atoms with E-state index in [2.05, 4.69) is 5.32 Å². The molecule has 0 unspecified atom stereocenters. The van der Waals surface area contributed by atoms with Gasteiger partial charge >= 0.3 is 0 Å². The Morgan fingerprint density at radius 3 is 2.47 bits per heavy atom. The van der Waals surface area contributed by atoms with E-state index in [4.69, 9.17) is 0 Å². The van der Waals surface area contributed by atoms with E-state index in [0.717, 1.165) is 38.8 Å². The summed E-state index contributed by atoms with van der Waals surface area (Å²) < 4.78 is 0. The number of carbonyl (C=O) groups is 2. The zero-order chi connectivity index (χ0) is 12.3. The van der Waals surface area contributed by atoms with E-state index in [1.54, 1.807) is 0 Å². The molecule has 0 aromatic heterocycles. The van der Waals surface area contributed by atoms with Crippen molar-refractivity contribution >= 4 is 11.8 Å². The molecule has 1 N–H and O–H groups in total. The molecule has 2 rings (SSSR count). The number of amides is 2. The van der Waals surface area contributed by atoms with Crippen LogP contribution in [0.2, 0.25) is 0 Å². The zero-order valence-corrected chi connectivity index (χ0v) is 10.6. The summed E-state index contributed by atoms with van der Waals surface area (Å²) in [7, 11) is 0. The summed E-state index contributed by atoms with van der Waals surface area (Å²) in [4.78, 5) is 25.3. The van der Waals surface area contributed by atoms with Crippen molar-refractivity contribution in [2.45, 2.75) is 51.5 Å². The molecule has 1 aliphatic carbocycles. The van der Waals surface area contributed by atoms with Crippen LogP contribution in [-0.4, -0.2) is 35.8 Å². The van der Waals surface area contributed by atoms with E-state index in [1.807, 2.05) is 11.8 Å². The fraction of sp³-hybridized carbons (Fsp3) is 0.846. The van der Waals surface area contributed by atoms with Gasteiger partial charge in [0.25, 0.3) is 0 Å². The topological polar surface area (TPSA) is 49.4 Å². The highest BCUT2D eigenvalue weighted by Crippen LogP contribution is 2.30. The van der Waals surface area contributed by atoms with Gasteiger partial charge in [-0.1, -0.05) is 6.92 Å². The lowest BCUT2D eigenvalue weighted by molar-refractivity contribution is -0.141. The lowest BCUT2D eigenvalue weighted by Gasteiger charge is -2.39. The first-order chi connectivity index (χ1) is 8.20. The van der Waals surface area contributed by atoms with Crippen LogP contribution >= 0.6 is 0 Å². The smallest absolute Gasteiger partial charge is 0.225 e. The molecule has 0 aromatic rings. The summed E-state index contributed by atoms with van der Waals surface area (Å²) in [5.41, 5.74) is 0. The molecular weight excluding hydrogens is 216 g/mol. The molecule has 1 heterocycles. The van der Waals surface area contributed by atoms with Crippen LogP contribution in [0.15, 0.2) is 0 Å². The molecule has 2 fully saturated rings. The van der Waals surface area contributed by atoms with Gasteiger partial charge in [0.15, 0.2) is 0 Å². The molecule has 0 aromatic carbocycles. The average molecular weight is 240 g/mol. The van der Waals surface area contributed by atoms with Crippen molar-refractivity contribution in [2.24, 2.45) is 5.92 Å². The van der Waals surface area contributed by atoms with Crippen LogP contribution in [0.1, 0.15) is 46.9 Å². The van der Waals surface area contributed by atoms with Gasteiger partial charge in [-0.05, 0) is 32.1 Å². The third kappa shape index (κ3) is 2.99. The van der Waals surface area contributed by atoms with E-state index in [1.165, 1.54) is 6.42 Å². The average Bonchev–Trinajstić information content (AvgIpc) is 2.33. The third-order valence-electron chi connectivity index (χ3n) is 3.84. The predicted octanol–water partition coefficient (Wildman–Crippen LogP) is 1.55. The van der Waals surface area contributed by atoms with Gasteiger partial charge < -0.3 is 10.2 Å². The van der Waals surface area contributed by atoms with Crippen LogP contribution in [0.5, 0.6) is 0 Å². The van der Waals surface area contributed by atoms with Crippen LogP contribution in [0.4, 0.5) is 0 Å². The van der Waals surface area contributed by atoms with E-state index in [0.29, 0.717) is 12.3 Å². The van der Waals surface area contributed by atoms with Crippen molar-refractivity contribution in [2.75, 3.05) is 13.1 Å². The second kappa shape index (κ2) is 5.52. The summed E-state index contributed by atoms with van der Waals surface area (Å²) >= 11 is 0. The molecule has 1 saturated heterocycles. The zero-order valence-electron chi connectivity index (χ0n) is 10.6. The Morgan fingerprint density at radius 2 is 1.88 bits per heavy atom. The van der Waals surface area contributed by atoms with Crippen molar-refractivity contribution in [3.05, 3.63) is 0 Å². The van der Waals surface area contributed by atoms with E-state index < -0.39 is 0 Å².